The molecule has 1 aliphatic carbocycles. The highest BCUT2D eigenvalue weighted by atomic mass is 16.6. The molecule has 0 saturated heterocycles. The van der Waals surface area contributed by atoms with E-state index in [1.165, 1.54) is 0 Å². The highest BCUT2D eigenvalue weighted by molar-refractivity contribution is 6.04. The number of ether oxygens (including phenoxy) is 2. The summed E-state index contributed by atoms with van der Waals surface area (Å²) in [6.45, 7) is 10.2. The summed E-state index contributed by atoms with van der Waals surface area (Å²) in [6.07, 6.45) is 1.18. The van der Waals surface area contributed by atoms with Gasteiger partial charge in [-0.15, -0.1) is 0 Å². The lowest BCUT2D eigenvalue weighted by atomic mass is 9.68. The number of carbonyl (C=O) groups is 2. The Bertz CT molecular complexity index is 910. The van der Waals surface area contributed by atoms with E-state index in [4.69, 9.17) is 9.47 Å². The monoisotopic (exact) mass is 413 g/mol. The quantitative estimate of drug-likeness (QED) is 0.542. The summed E-state index contributed by atoms with van der Waals surface area (Å²) in [5, 5.41) is 13.3. The molecule has 6 heteroatoms. The number of aromatic hydroxyl groups is 1. The van der Waals surface area contributed by atoms with Crippen LogP contribution in [0.2, 0.25) is 0 Å². The van der Waals surface area contributed by atoms with Crippen molar-refractivity contribution in [2.75, 3.05) is 13.2 Å². The normalized spacial score (nSPS) is 20.9. The molecule has 2 N–H and O–H groups in total. The van der Waals surface area contributed by atoms with Crippen molar-refractivity contribution < 1.29 is 24.2 Å². The number of allylic oxidation sites excluding steroid dienone is 3. The molecular formula is C24H31NO5. The lowest BCUT2D eigenvalue weighted by molar-refractivity contribution is -0.141. The maximum Gasteiger partial charge on any atom is 0.336 e. The van der Waals surface area contributed by atoms with E-state index in [1.807, 2.05) is 26.8 Å². The number of ketones is 1. The van der Waals surface area contributed by atoms with Crippen molar-refractivity contribution in [3.63, 3.8) is 0 Å². The molecule has 1 heterocycles. The molecule has 1 aliphatic heterocycles. The highest BCUT2D eigenvalue weighted by Gasteiger charge is 2.43. The van der Waals surface area contributed by atoms with Crippen molar-refractivity contribution in [1.29, 1.82) is 0 Å². The number of phenolic OH excluding ortho intramolecular Hbond substituents is 1. The second-order valence-corrected chi connectivity index (χ2v) is 9.08. The largest absolute Gasteiger partial charge is 0.508 e. The van der Waals surface area contributed by atoms with Gasteiger partial charge in [0.15, 0.2) is 5.78 Å². The number of benzene rings is 1. The highest BCUT2D eigenvalue weighted by Crippen LogP contribution is 2.47. The summed E-state index contributed by atoms with van der Waals surface area (Å²) in [4.78, 5) is 26.2. The predicted octanol–water partition coefficient (Wildman–Crippen LogP) is 3.96. The van der Waals surface area contributed by atoms with Crippen molar-refractivity contribution in [3.8, 4) is 5.75 Å². The van der Waals surface area contributed by atoms with Gasteiger partial charge < -0.3 is 19.9 Å². The molecule has 0 aromatic heterocycles. The third-order valence-electron chi connectivity index (χ3n) is 5.43. The average molecular weight is 414 g/mol. The van der Waals surface area contributed by atoms with Crippen LogP contribution < -0.4 is 5.32 Å². The van der Waals surface area contributed by atoms with Gasteiger partial charge in [0.05, 0.1) is 18.3 Å². The first-order chi connectivity index (χ1) is 14.1. The third kappa shape index (κ3) is 4.75. The minimum Gasteiger partial charge on any atom is -0.508 e. The van der Waals surface area contributed by atoms with Gasteiger partial charge in [0.1, 0.15) is 12.4 Å². The standard InChI is InChI=1S/C24H31NO5/c1-14(2)29-9-10-30-23(28)20-15(3)25-18-12-24(4,5)13-19(27)22(18)21(20)16-7-6-8-17(26)11-16/h6-8,11,14,21,25-26H,9-10,12-13H2,1-5H3/t21-/m1/s1. The minimum atomic E-state index is -0.574. The Hall–Kier alpha value is -2.60. The molecule has 2 aliphatic rings. The molecule has 0 radical (unpaired) electrons. The number of carbonyl (C=O) groups excluding carboxylic acids is 2. The van der Waals surface area contributed by atoms with E-state index in [0.717, 1.165) is 5.70 Å². The van der Waals surface area contributed by atoms with Crippen LogP contribution in [0.4, 0.5) is 0 Å². The Balaban J connectivity index is 1.99. The molecular weight excluding hydrogens is 382 g/mol. The molecule has 6 nitrogen and oxygen atoms in total. The summed E-state index contributed by atoms with van der Waals surface area (Å²) in [6, 6.07) is 6.73. The Kier molecular flexibility index (Phi) is 6.36. The first-order valence-corrected chi connectivity index (χ1v) is 10.4. The van der Waals surface area contributed by atoms with Crippen LogP contribution in [0.15, 0.2) is 46.8 Å². The van der Waals surface area contributed by atoms with Gasteiger partial charge in [-0.05, 0) is 50.3 Å². The van der Waals surface area contributed by atoms with Crippen molar-refractivity contribution >= 4 is 11.8 Å². The van der Waals surface area contributed by atoms with Gasteiger partial charge in [-0.2, -0.15) is 0 Å². The number of dihydropyridines is 1. The zero-order valence-electron chi connectivity index (χ0n) is 18.4. The molecule has 1 aromatic carbocycles. The lowest BCUT2D eigenvalue weighted by Gasteiger charge is -2.39. The second-order valence-electron chi connectivity index (χ2n) is 9.08. The summed E-state index contributed by atoms with van der Waals surface area (Å²) in [7, 11) is 0. The summed E-state index contributed by atoms with van der Waals surface area (Å²) >= 11 is 0. The SMILES string of the molecule is CC1=C(C(=O)OCCOC(C)C)[C@@H](c2cccc(O)c2)C2=C(CC(C)(C)CC2=O)N1. The molecule has 0 bridgehead atoms. The summed E-state index contributed by atoms with van der Waals surface area (Å²) in [5.41, 5.74) is 3.05. The molecule has 30 heavy (non-hydrogen) atoms. The molecule has 162 valence electrons. The number of hydrogen-bond acceptors (Lipinski definition) is 6. The number of Topliss-reactive ketones (excluding diaryl/α,β-unsaturated/α-hetero) is 1. The molecule has 1 aromatic rings. The van der Waals surface area contributed by atoms with Crippen molar-refractivity contribution in [2.45, 2.75) is 59.5 Å². The smallest absolute Gasteiger partial charge is 0.336 e. The zero-order valence-corrected chi connectivity index (χ0v) is 18.4. The fourth-order valence-corrected chi connectivity index (χ4v) is 4.24. The maximum atomic E-state index is 13.2. The van der Waals surface area contributed by atoms with Gasteiger partial charge in [0.2, 0.25) is 0 Å². The summed E-state index contributed by atoms with van der Waals surface area (Å²) in [5.74, 6) is -0.948. The van der Waals surface area contributed by atoms with Crippen LogP contribution >= 0.6 is 0 Å². The number of phenols is 1. The van der Waals surface area contributed by atoms with E-state index in [9.17, 15) is 14.7 Å². The lowest BCUT2D eigenvalue weighted by Crippen LogP contribution is -2.38. The van der Waals surface area contributed by atoms with Crippen LogP contribution in [-0.2, 0) is 19.1 Å². The number of nitrogens with one attached hydrogen (secondary N) is 1. The number of esters is 1. The van der Waals surface area contributed by atoms with Gasteiger partial charge in [0.25, 0.3) is 0 Å². The van der Waals surface area contributed by atoms with Crippen LogP contribution in [0.5, 0.6) is 5.75 Å². The van der Waals surface area contributed by atoms with Crippen LogP contribution in [0.3, 0.4) is 0 Å². The Labute approximate surface area is 178 Å². The van der Waals surface area contributed by atoms with Gasteiger partial charge in [-0.3, -0.25) is 4.79 Å². The number of hydrogen-bond donors (Lipinski definition) is 2. The predicted molar refractivity (Wildman–Crippen MR) is 114 cm³/mol. The average Bonchev–Trinajstić information content (AvgIpc) is 2.62. The van der Waals surface area contributed by atoms with Gasteiger partial charge in [-0.1, -0.05) is 26.0 Å². The Morgan fingerprint density at radius 2 is 2.00 bits per heavy atom. The van der Waals surface area contributed by atoms with E-state index in [1.54, 1.807) is 18.2 Å². The van der Waals surface area contributed by atoms with Crippen molar-refractivity contribution in [1.82, 2.24) is 5.32 Å². The molecule has 0 amide bonds. The fraction of sp³-hybridized carbons (Fsp3) is 0.500. The summed E-state index contributed by atoms with van der Waals surface area (Å²) < 4.78 is 10.9. The van der Waals surface area contributed by atoms with Crippen LogP contribution in [0, 0.1) is 5.41 Å². The Morgan fingerprint density at radius 1 is 1.27 bits per heavy atom. The van der Waals surface area contributed by atoms with E-state index in [0.29, 0.717) is 41.9 Å². The zero-order chi connectivity index (χ0) is 22.1. The molecule has 0 fully saturated rings. The topological polar surface area (TPSA) is 84.9 Å². The molecule has 0 spiro atoms. The van der Waals surface area contributed by atoms with Crippen LogP contribution in [0.1, 0.15) is 58.9 Å². The first-order valence-electron chi connectivity index (χ1n) is 10.4. The minimum absolute atomic E-state index is 0.0167. The Morgan fingerprint density at radius 3 is 2.67 bits per heavy atom. The first kappa shape index (κ1) is 22.1. The third-order valence-corrected chi connectivity index (χ3v) is 5.43. The van der Waals surface area contributed by atoms with E-state index in [-0.39, 0.29) is 29.7 Å². The fourth-order valence-electron chi connectivity index (χ4n) is 4.24. The van der Waals surface area contributed by atoms with E-state index >= 15 is 0 Å². The maximum absolute atomic E-state index is 13.2. The van der Waals surface area contributed by atoms with Crippen LogP contribution in [-0.4, -0.2) is 36.2 Å². The van der Waals surface area contributed by atoms with Gasteiger partial charge in [-0.25, -0.2) is 4.79 Å². The second kappa shape index (κ2) is 8.64. The molecule has 3 rings (SSSR count). The van der Waals surface area contributed by atoms with E-state index in [2.05, 4.69) is 19.2 Å². The molecule has 0 unspecified atom stereocenters. The molecule has 1 atom stereocenters. The van der Waals surface area contributed by atoms with Gasteiger partial charge >= 0.3 is 5.97 Å². The van der Waals surface area contributed by atoms with Crippen LogP contribution in [0.25, 0.3) is 0 Å². The number of rotatable bonds is 6. The van der Waals surface area contributed by atoms with Crippen molar-refractivity contribution in [3.05, 3.63) is 52.4 Å². The van der Waals surface area contributed by atoms with E-state index < -0.39 is 11.9 Å². The van der Waals surface area contributed by atoms with Crippen molar-refractivity contribution in [2.24, 2.45) is 5.41 Å². The van der Waals surface area contributed by atoms with Gasteiger partial charge in [0, 0.05) is 29.3 Å². The molecule has 0 saturated carbocycles.